The van der Waals surface area contributed by atoms with E-state index in [4.69, 9.17) is 16.0 Å². The van der Waals surface area contributed by atoms with E-state index in [-0.39, 0.29) is 5.56 Å². The second kappa shape index (κ2) is 5.25. The standard InChI is InChI=1S/C13H12ClNO3/c1-8(14)6-15-7-11-12(13(16)17)9-4-2-3-5-10(9)18-11/h2-5,15H,1,6-7H2,(H,16,17). The molecule has 0 saturated heterocycles. The predicted molar refractivity (Wildman–Crippen MR) is 69.9 cm³/mol. The Morgan fingerprint density at radius 1 is 1.44 bits per heavy atom. The number of hydrogen-bond acceptors (Lipinski definition) is 3. The van der Waals surface area contributed by atoms with Gasteiger partial charge in [0.1, 0.15) is 16.9 Å². The lowest BCUT2D eigenvalue weighted by molar-refractivity contribution is 0.0696. The molecular weight excluding hydrogens is 254 g/mol. The fraction of sp³-hybridized carbons (Fsp3) is 0.154. The topological polar surface area (TPSA) is 62.5 Å². The molecule has 5 heteroatoms. The molecule has 94 valence electrons. The molecule has 0 aliphatic heterocycles. The van der Waals surface area contributed by atoms with E-state index in [1.165, 1.54) is 0 Å². The van der Waals surface area contributed by atoms with Crippen molar-refractivity contribution >= 4 is 28.5 Å². The van der Waals surface area contributed by atoms with Gasteiger partial charge >= 0.3 is 5.97 Å². The summed E-state index contributed by atoms with van der Waals surface area (Å²) < 4.78 is 5.53. The van der Waals surface area contributed by atoms with Crippen molar-refractivity contribution in [2.24, 2.45) is 0 Å². The largest absolute Gasteiger partial charge is 0.478 e. The van der Waals surface area contributed by atoms with Crippen LogP contribution in [0.2, 0.25) is 0 Å². The third kappa shape index (κ3) is 2.55. The minimum absolute atomic E-state index is 0.193. The summed E-state index contributed by atoms with van der Waals surface area (Å²) in [5.41, 5.74) is 0.759. The molecule has 2 N–H and O–H groups in total. The van der Waals surface area contributed by atoms with Crippen molar-refractivity contribution in [3.8, 4) is 0 Å². The van der Waals surface area contributed by atoms with Crippen LogP contribution in [0.5, 0.6) is 0 Å². The number of nitrogens with one attached hydrogen (secondary N) is 1. The molecule has 0 unspecified atom stereocenters. The third-order valence-corrected chi connectivity index (χ3v) is 2.62. The highest BCUT2D eigenvalue weighted by Crippen LogP contribution is 2.25. The van der Waals surface area contributed by atoms with Gasteiger partial charge in [-0.15, -0.1) is 0 Å². The molecule has 4 nitrogen and oxygen atoms in total. The molecule has 0 aliphatic rings. The van der Waals surface area contributed by atoms with Gasteiger partial charge in [-0.25, -0.2) is 4.79 Å². The molecule has 1 heterocycles. The molecule has 1 aromatic heterocycles. The Morgan fingerprint density at radius 3 is 2.83 bits per heavy atom. The highest BCUT2D eigenvalue weighted by molar-refractivity contribution is 6.29. The number of aromatic carboxylic acids is 1. The molecule has 0 fully saturated rings. The van der Waals surface area contributed by atoms with Gasteiger partial charge in [0.05, 0.1) is 6.54 Å². The van der Waals surface area contributed by atoms with Crippen LogP contribution >= 0.6 is 11.6 Å². The normalized spacial score (nSPS) is 10.7. The first kappa shape index (κ1) is 12.7. The van der Waals surface area contributed by atoms with Crippen molar-refractivity contribution in [1.29, 1.82) is 0 Å². The lowest BCUT2D eigenvalue weighted by atomic mass is 10.1. The number of fused-ring (bicyclic) bond motifs is 1. The average Bonchev–Trinajstić information content (AvgIpc) is 2.66. The third-order valence-electron chi connectivity index (χ3n) is 2.48. The fourth-order valence-corrected chi connectivity index (χ4v) is 1.86. The molecule has 0 atom stereocenters. The number of carbonyl (C=O) groups is 1. The lowest BCUT2D eigenvalue weighted by Crippen LogP contribution is -2.16. The quantitative estimate of drug-likeness (QED) is 0.872. The first-order valence-electron chi connectivity index (χ1n) is 5.37. The zero-order valence-electron chi connectivity index (χ0n) is 9.57. The first-order chi connectivity index (χ1) is 8.59. The molecule has 0 radical (unpaired) electrons. The summed E-state index contributed by atoms with van der Waals surface area (Å²) in [6, 6.07) is 7.05. The van der Waals surface area contributed by atoms with E-state index in [0.717, 1.165) is 0 Å². The van der Waals surface area contributed by atoms with Crippen LogP contribution in [0.1, 0.15) is 16.1 Å². The summed E-state index contributed by atoms with van der Waals surface area (Å²) in [6.45, 7) is 4.24. The van der Waals surface area contributed by atoms with E-state index in [0.29, 0.717) is 34.9 Å². The lowest BCUT2D eigenvalue weighted by Gasteiger charge is -2.01. The average molecular weight is 266 g/mol. The van der Waals surface area contributed by atoms with Gasteiger partial charge in [0.15, 0.2) is 0 Å². The Kier molecular flexibility index (Phi) is 3.69. The van der Waals surface area contributed by atoms with Gasteiger partial charge in [0.25, 0.3) is 0 Å². The van der Waals surface area contributed by atoms with Crippen LogP contribution in [0.3, 0.4) is 0 Å². The van der Waals surface area contributed by atoms with E-state index in [1.54, 1.807) is 24.3 Å². The number of rotatable bonds is 5. The number of hydrogen-bond donors (Lipinski definition) is 2. The van der Waals surface area contributed by atoms with Crippen molar-refractivity contribution in [2.75, 3.05) is 6.54 Å². The number of carboxylic acid groups (broad SMARTS) is 1. The van der Waals surface area contributed by atoms with Crippen LogP contribution < -0.4 is 5.32 Å². The smallest absolute Gasteiger partial charge is 0.339 e. The van der Waals surface area contributed by atoms with Gasteiger partial charge in [0, 0.05) is 17.0 Å². The first-order valence-corrected chi connectivity index (χ1v) is 5.75. The fourth-order valence-electron chi connectivity index (χ4n) is 1.77. The molecule has 18 heavy (non-hydrogen) atoms. The van der Waals surface area contributed by atoms with Crippen molar-refractivity contribution in [3.63, 3.8) is 0 Å². The molecule has 0 bridgehead atoms. The number of benzene rings is 1. The Morgan fingerprint density at radius 2 is 2.17 bits per heavy atom. The van der Waals surface area contributed by atoms with Gasteiger partial charge in [0.2, 0.25) is 0 Å². The van der Waals surface area contributed by atoms with Gasteiger partial charge in [-0.2, -0.15) is 0 Å². The highest BCUT2D eigenvalue weighted by Gasteiger charge is 2.19. The van der Waals surface area contributed by atoms with E-state index < -0.39 is 5.97 Å². The van der Waals surface area contributed by atoms with Gasteiger partial charge < -0.3 is 14.8 Å². The maximum absolute atomic E-state index is 11.3. The van der Waals surface area contributed by atoms with Crippen LogP contribution in [0.15, 0.2) is 40.3 Å². The van der Waals surface area contributed by atoms with Gasteiger partial charge in [-0.1, -0.05) is 36.4 Å². The highest BCUT2D eigenvalue weighted by atomic mass is 35.5. The second-order valence-corrected chi connectivity index (χ2v) is 4.36. The predicted octanol–water partition coefficient (Wildman–Crippen LogP) is 2.97. The Hall–Kier alpha value is -1.78. The molecular formula is C13H12ClNO3. The van der Waals surface area contributed by atoms with E-state index in [2.05, 4.69) is 11.9 Å². The van der Waals surface area contributed by atoms with Crippen LogP contribution in [-0.2, 0) is 6.54 Å². The maximum Gasteiger partial charge on any atom is 0.339 e. The Balaban J connectivity index is 2.34. The Bertz CT molecular complexity index is 603. The van der Waals surface area contributed by atoms with Crippen LogP contribution in [-0.4, -0.2) is 17.6 Å². The number of furan rings is 1. The van der Waals surface area contributed by atoms with Crippen molar-refractivity contribution in [1.82, 2.24) is 5.32 Å². The van der Waals surface area contributed by atoms with Crippen LogP contribution in [0, 0.1) is 0 Å². The van der Waals surface area contributed by atoms with E-state index >= 15 is 0 Å². The molecule has 0 saturated carbocycles. The van der Waals surface area contributed by atoms with Crippen molar-refractivity contribution in [2.45, 2.75) is 6.54 Å². The number of halogens is 1. The molecule has 2 rings (SSSR count). The van der Waals surface area contributed by atoms with Crippen molar-refractivity contribution in [3.05, 3.63) is 47.2 Å². The number of carboxylic acids is 1. The molecule has 0 aliphatic carbocycles. The van der Waals surface area contributed by atoms with Crippen LogP contribution in [0.25, 0.3) is 11.0 Å². The van der Waals surface area contributed by atoms with Gasteiger partial charge in [-0.05, 0) is 6.07 Å². The van der Waals surface area contributed by atoms with Crippen molar-refractivity contribution < 1.29 is 14.3 Å². The summed E-state index contributed by atoms with van der Waals surface area (Å²) in [5, 5.41) is 13.3. The maximum atomic E-state index is 11.3. The van der Waals surface area contributed by atoms with E-state index in [9.17, 15) is 9.90 Å². The monoisotopic (exact) mass is 265 g/mol. The zero-order chi connectivity index (χ0) is 13.1. The molecule has 0 spiro atoms. The summed E-state index contributed by atoms with van der Waals surface area (Å²) >= 11 is 5.62. The van der Waals surface area contributed by atoms with Crippen LogP contribution in [0.4, 0.5) is 0 Å². The summed E-state index contributed by atoms with van der Waals surface area (Å²) in [7, 11) is 0. The summed E-state index contributed by atoms with van der Waals surface area (Å²) in [5.74, 6) is -0.608. The number of para-hydroxylation sites is 1. The minimum atomic E-state index is -0.999. The molecule has 2 aromatic rings. The minimum Gasteiger partial charge on any atom is -0.478 e. The zero-order valence-corrected chi connectivity index (χ0v) is 10.3. The summed E-state index contributed by atoms with van der Waals surface area (Å²) in [6.07, 6.45) is 0. The second-order valence-electron chi connectivity index (χ2n) is 3.82. The van der Waals surface area contributed by atoms with Gasteiger partial charge in [-0.3, -0.25) is 0 Å². The molecule has 0 amide bonds. The van der Waals surface area contributed by atoms with E-state index in [1.807, 2.05) is 0 Å². The molecule has 1 aromatic carbocycles. The summed E-state index contributed by atoms with van der Waals surface area (Å²) in [4.78, 5) is 11.3. The Labute approximate surface area is 109 Å². The SMILES string of the molecule is C=C(Cl)CNCc1oc2ccccc2c1C(=O)O.